The van der Waals surface area contributed by atoms with Gasteiger partial charge in [0.1, 0.15) is 0 Å². The normalized spacial score (nSPS) is 18.9. The molecule has 3 rings (SSSR count). The standard InChI is InChI=1S/C18H22N2/c1-3-17(19)14-8-10-16(11-9-14)20-13(2)12-15-6-4-5-7-18(15)20/h4-11,13,17H,3,12,19H2,1-2H3. The first kappa shape index (κ1) is 13.2. The van der Waals surface area contributed by atoms with Gasteiger partial charge >= 0.3 is 0 Å². The second-order valence-electron chi connectivity index (χ2n) is 5.66. The van der Waals surface area contributed by atoms with Crippen LogP contribution >= 0.6 is 0 Å². The minimum atomic E-state index is 0.146. The highest BCUT2D eigenvalue weighted by atomic mass is 15.2. The Hall–Kier alpha value is -1.80. The number of anilines is 2. The van der Waals surface area contributed by atoms with Gasteiger partial charge < -0.3 is 10.6 Å². The number of para-hydroxylation sites is 1. The molecule has 0 aromatic heterocycles. The molecular formula is C18H22N2. The van der Waals surface area contributed by atoms with Gasteiger partial charge in [-0.2, -0.15) is 0 Å². The van der Waals surface area contributed by atoms with E-state index in [2.05, 4.69) is 67.3 Å². The van der Waals surface area contributed by atoms with E-state index >= 15 is 0 Å². The van der Waals surface area contributed by atoms with Crippen LogP contribution in [0.2, 0.25) is 0 Å². The minimum absolute atomic E-state index is 0.146. The number of nitrogens with zero attached hydrogens (tertiary/aromatic N) is 1. The summed E-state index contributed by atoms with van der Waals surface area (Å²) in [6.07, 6.45) is 2.09. The lowest BCUT2D eigenvalue weighted by molar-refractivity contribution is 0.698. The summed E-state index contributed by atoms with van der Waals surface area (Å²) in [5.41, 5.74) is 11.3. The summed E-state index contributed by atoms with van der Waals surface area (Å²) in [6, 6.07) is 18.1. The first-order valence-corrected chi connectivity index (χ1v) is 7.43. The molecule has 1 aliphatic rings. The summed E-state index contributed by atoms with van der Waals surface area (Å²) >= 11 is 0. The molecule has 2 aromatic carbocycles. The van der Waals surface area contributed by atoms with Gasteiger partial charge in [0.2, 0.25) is 0 Å². The van der Waals surface area contributed by atoms with Crippen LogP contribution in [-0.2, 0) is 6.42 Å². The van der Waals surface area contributed by atoms with Crippen LogP contribution in [0.3, 0.4) is 0 Å². The van der Waals surface area contributed by atoms with Crippen LogP contribution in [0.15, 0.2) is 48.5 Å². The molecule has 0 saturated carbocycles. The maximum Gasteiger partial charge on any atom is 0.0446 e. The zero-order valence-electron chi connectivity index (χ0n) is 12.2. The molecule has 0 spiro atoms. The predicted molar refractivity (Wildman–Crippen MR) is 85.4 cm³/mol. The molecule has 1 heterocycles. The zero-order chi connectivity index (χ0) is 14.1. The molecule has 0 bridgehead atoms. The smallest absolute Gasteiger partial charge is 0.0446 e. The van der Waals surface area contributed by atoms with Crippen molar-refractivity contribution in [1.29, 1.82) is 0 Å². The van der Waals surface area contributed by atoms with Crippen LogP contribution < -0.4 is 10.6 Å². The summed E-state index contributed by atoms with van der Waals surface area (Å²) in [7, 11) is 0. The van der Waals surface area contributed by atoms with Crippen molar-refractivity contribution >= 4 is 11.4 Å². The van der Waals surface area contributed by atoms with E-state index in [-0.39, 0.29) is 6.04 Å². The maximum atomic E-state index is 6.09. The lowest BCUT2D eigenvalue weighted by Crippen LogP contribution is -2.23. The number of hydrogen-bond donors (Lipinski definition) is 1. The molecule has 0 fully saturated rings. The lowest BCUT2D eigenvalue weighted by atomic mass is 10.0. The minimum Gasteiger partial charge on any atom is -0.338 e. The van der Waals surface area contributed by atoms with E-state index in [1.54, 1.807) is 0 Å². The van der Waals surface area contributed by atoms with Crippen molar-refractivity contribution in [3.8, 4) is 0 Å². The molecule has 2 nitrogen and oxygen atoms in total. The highest BCUT2D eigenvalue weighted by Crippen LogP contribution is 2.38. The van der Waals surface area contributed by atoms with E-state index in [1.807, 2.05) is 0 Å². The van der Waals surface area contributed by atoms with Gasteiger partial charge in [-0.3, -0.25) is 0 Å². The number of benzene rings is 2. The number of hydrogen-bond acceptors (Lipinski definition) is 2. The largest absolute Gasteiger partial charge is 0.338 e. The molecule has 2 N–H and O–H groups in total. The molecule has 20 heavy (non-hydrogen) atoms. The van der Waals surface area contributed by atoms with E-state index in [0.29, 0.717) is 6.04 Å². The van der Waals surface area contributed by atoms with Gasteiger partial charge in [-0.15, -0.1) is 0 Å². The fraction of sp³-hybridized carbons (Fsp3) is 0.333. The van der Waals surface area contributed by atoms with Gasteiger partial charge in [-0.1, -0.05) is 37.3 Å². The topological polar surface area (TPSA) is 29.3 Å². The first-order chi connectivity index (χ1) is 9.70. The summed E-state index contributed by atoms with van der Waals surface area (Å²) < 4.78 is 0. The van der Waals surface area contributed by atoms with Crippen molar-refractivity contribution in [2.45, 2.75) is 38.8 Å². The molecule has 2 heteroatoms. The molecular weight excluding hydrogens is 244 g/mol. The summed E-state index contributed by atoms with van der Waals surface area (Å²) in [6.45, 7) is 4.41. The molecule has 0 amide bonds. The fourth-order valence-corrected chi connectivity index (χ4v) is 3.08. The Balaban J connectivity index is 1.93. The van der Waals surface area contributed by atoms with E-state index in [4.69, 9.17) is 5.73 Å². The van der Waals surface area contributed by atoms with Crippen LogP contribution in [0, 0.1) is 0 Å². The van der Waals surface area contributed by atoms with Crippen molar-refractivity contribution in [3.63, 3.8) is 0 Å². The molecule has 1 aliphatic heterocycles. The number of nitrogens with two attached hydrogens (primary N) is 1. The highest BCUT2D eigenvalue weighted by molar-refractivity contribution is 5.71. The Morgan fingerprint density at radius 1 is 1.15 bits per heavy atom. The average molecular weight is 266 g/mol. The Labute approximate surface area is 121 Å². The van der Waals surface area contributed by atoms with Gasteiger partial charge in [0.15, 0.2) is 0 Å². The second-order valence-corrected chi connectivity index (χ2v) is 5.66. The van der Waals surface area contributed by atoms with Gasteiger partial charge in [0.05, 0.1) is 0 Å². The molecule has 0 saturated heterocycles. The monoisotopic (exact) mass is 266 g/mol. The Morgan fingerprint density at radius 3 is 2.55 bits per heavy atom. The summed E-state index contributed by atoms with van der Waals surface area (Å²) in [5.74, 6) is 0. The quantitative estimate of drug-likeness (QED) is 0.903. The Bertz CT molecular complexity index is 589. The SMILES string of the molecule is CCC(N)c1ccc(N2c3ccccc3CC2C)cc1. The van der Waals surface area contributed by atoms with Gasteiger partial charge in [0, 0.05) is 23.5 Å². The predicted octanol–water partition coefficient (Wildman–Crippen LogP) is 4.18. The second kappa shape index (κ2) is 5.29. The molecule has 0 radical (unpaired) electrons. The van der Waals surface area contributed by atoms with Crippen molar-refractivity contribution in [1.82, 2.24) is 0 Å². The van der Waals surface area contributed by atoms with E-state index in [9.17, 15) is 0 Å². The van der Waals surface area contributed by atoms with Crippen LogP contribution in [0.25, 0.3) is 0 Å². The lowest BCUT2D eigenvalue weighted by Gasteiger charge is -2.25. The van der Waals surface area contributed by atoms with Crippen molar-refractivity contribution < 1.29 is 0 Å². The van der Waals surface area contributed by atoms with Gasteiger partial charge in [0.25, 0.3) is 0 Å². The van der Waals surface area contributed by atoms with Crippen molar-refractivity contribution in [2.75, 3.05) is 4.90 Å². The van der Waals surface area contributed by atoms with Gasteiger partial charge in [-0.05, 0) is 49.1 Å². The average Bonchev–Trinajstić information content (AvgIpc) is 2.82. The summed E-state index contributed by atoms with van der Waals surface area (Å²) in [4.78, 5) is 2.43. The third kappa shape index (κ3) is 2.20. The van der Waals surface area contributed by atoms with E-state index in [1.165, 1.54) is 22.5 Å². The van der Waals surface area contributed by atoms with Crippen LogP contribution in [-0.4, -0.2) is 6.04 Å². The van der Waals surface area contributed by atoms with E-state index < -0.39 is 0 Å². The fourth-order valence-electron chi connectivity index (χ4n) is 3.08. The van der Waals surface area contributed by atoms with Crippen LogP contribution in [0.1, 0.15) is 37.4 Å². The Morgan fingerprint density at radius 2 is 1.85 bits per heavy atom. The van der Waals surface area contributed by atoms with Crippen LogP contribution in [0.5, 0.6) is 0 Å². The molecule has 2 unspecified atom stereocenters. The van der Waals surface area contributed by atoms with Crippen LogP contribution in [0.4, 0.5) is 11.4 Å². The molecule has 2 atom stereocenters. The highest BCUT2D eigenvalue weighted by Gasteiger charge is 2.26. The van der Waals surface area contributed by atoms with E-state index in [0.717, 1.165) is 12.8 Å². The Kier molecular flexibility index (Phi) is 3.49. The molecule has 0 aliphatic carbocycles. The summed E-state index contributed by atoms with van der Waals surface area (Å²) in [5, 5.41) is 0. The maximum absolute atomic E-state index is 6.09. The van der Waals surface area contributed by atoms with Crippen molar-refractivity contribution in [2.24, 2.45) is 5.73 Å². The molecule has 2 aromatic rings. The third-order valence-corrected chi connectivity index (χ3v) is 4.25. The number of fused-ring (bicyclic) bond motifs is 1. The van der Waals surface area contributed by atoms with Gasteiger partial charge in [-0.25, -0.2) is 0 Å². The van der Waals surface area contributed by atoms with Crippen molar-refractivity contribution in [3.05, 3.63) is 59.7 Å². The zero-order valence-corrected chi connectivity index (χ0v) is 12.2. The molecule has 104 valence electrons. The third-order valence-electron chi connectivity index (χ3n) is 4.25. The first-order valence-electron chi connectivity index (χ1n) is 7.43. The number of rotatable bonds is 3.